The third-order valence-electron chi connectivity index (χ3n) is 5.10. The first-order chi connectivity index (χ1) is 15.5. The molecule has 4 rings (SSSR count). The number of ketones is 2. The smallest absolute Gasteiger partial charge is 0.182 e. The zero-order valence-electron chi connectivity index (χ0n) is 17.1. The normalized spacial score (nSPS) is 14.9. The summed E-state index contributed by atoms with van der Waals surface area (Å²) in [5.74, 6) is 0.123. The molecule has 0 radical (unpaired) electrons. The molecule has 0 saturated heterocycles. The van der Waals surface area contributed by atoms with Gasteiger partial charge in [-0.05, 0) is 59.7 Å². The minimum Gasteiger partial charge on any atom is -0.347 e. The van der Waals surface area contributed by atoms with Crippen molar-refractivity contribution in [2.75, 3.05) is 13.1 Å². The Morgan fingerprint density at radius 3 is 1.19 bits per heavy atom. The highest BCUT2D eigenvalue weighted by atomic mass is 79.9. The van der Waals surface area contributed by atoms with E-state index in [9.17, 15) is 9.59 Å². The molecule has 0 aliphatic carbocycles. The van der Waals surface area contributed by atoms with Crippen molar-refractivity contribution in [3.05, 3.63) is 129 Å². The maximum Gasteiger partial charge on any atom is 0.182 e. The summed E-state index contributed by atoms with van der Waals surface area (Å²) < 4.78 is 1.90. The Hall–Kier alpha value is -2.96. The van der Waals surface area contributed by atoms with Gasteiger partial charge in [0.1, 0.15) is 0 Å². The van der Waals surface area contributed by atoms with E-state index in [1.807, 2.05) is 107 Å². The summed E-state index contributed by atoms with van der Waals surface area (Å²) in [6, 6.07) is 14.8. The molecule has 2 aliphatic rings. The summed E-state index contributed by atoms with van der Waals surface area (Å²) in [5, 5.41) is 0. The molecule has 32 heavy (non-hydrogen) atoms. The monoisotopic (exact) mass is 550 g/mol. The van der Waals surface area contributed by atoms with Crippen LogP contribution in [0.25, 0.3) is 0 Å². The van der Waals surface area contributed by atoms with Crippen molar-refractivity contribution in [1.29, 1.82) is 0 Å². The molecule has 0 N–H and O–H groups in total. The lowest BCUT2D eigenvalue weighted by atomic mass is 10.0. The summed E-state index contributed by atoms with van der Waals surface area (Å²) in [7, 11) is 0. The van der Waals surface area contributed by atoms with Gasteiger partial charge in [-0.3, -0.25) is 9.59 Å². The van der Waals surface area contributed by atoms with Gasteiger partial charge in [0.15, 0.2) is 11.6 Å². The summed E-state index contributed by atoms with van der Waals surface area (Å²) in [6.07, 6.45) is 15.6. The molecule has 2 aliphatic heterocycles. The molecule has 0 atom stereocenters. The molecule has 6 heteroatoms. The van der Waals surface area contributed by atoms with E-state index in [-0.39, 0.29) is 24.7 Å². The van der Waals surface area contributed by atoms with E-state index < -0.39 is 0 Å². The molecule has 0 bridgehead atoms. The van der Waals surface area contributed by atoms with Crippen LogP contribution < -0.4 is 0 Å². The first-order valence-corrected chi connectivity index (χ1v) is 11.6. The number of hydrogen-bond acceptors (Lipinski definition) is 4. The van der Waals surface area contributed by atoms with E-state index in [2.05, 4.69) is 31.9 Å². The summed E-state index contributed by atoms with van der Waals surface area (Å²) in [6.45, 7) is 0.573. The number of carbonyl (C=O) groups excluding carboxylic acids is 2. The largest absolute Gasteiger partial charge is 0.347 e. The van der Waals surface area contributed by atoms with Gasteiger partial charge >= 0.3 is 0 Å². The zero-order chi connectivity index (χ0) is 22.5. The van der Waals surface area contributed by atoms with Crippen LogP contribution in [-0.4, -0.2) is 34.5 Å². The average Bonchev–Trinajstić information content (AvgIpc) is 2.81. The molecule has 0 spiro atoms. The second-order valence-corrected chi connectivity index (χ2v) is 9.21. The number of halogens is 2. The van der Waals surface area contributed by atoms with Crippen molar-refractivity contribution in [2.24, 2.45) is 0 Å². The van der Waals surface area contributed by atoms with Gasteiger partial charge in [-0.1, -0.05) is 56.1 Å². The predicted molar refractivity (Wildman–Crippen MR) is 134 cm³/mol. The van der Waals surface area contributed by atoms with Crippen molar-refractivity contribution in [2.45, 2.75) is 0 Å². The summed E-state index contributed by atoms with van der Waals surface area (Å²) in [5.41, 5.74) is 3.47. The van der Waals surface area contributed by atoms with E-state index in [1.165, 1.54) is 0 Å². The van der Waals surface area contributed by atoms with Gasteiger partial charge in [-0.2, -0.15) is 0 Å². The highest BCUT2D eigenvalue weighted by molar-refractivity contribution is 9.10. The molecule has 0 saturated carbocycles. The number of Topliss-reactive ketones (excluding diaryl/α,β-unsaturated/α-hetero) is 2. The van der Waals surface area contributed by atoms with Crippen LogP contribution in [0.3, 0.4) is 0 Å². The minimum atomic E-state index is 0.0615. The minimum absolute atomic E-state index is 0.0615. The second kappa shape index (κ2) is 10.1. The molecule has 0 aromatic heterocycles. The number of benzene rings is 2. The van der Waals surface area contributed by atoms with Crippen molar-refractivity contribution < 1.29 is 9.59 Å². The molecular weight excluding hydrogens is 532 g/mol. The van der Waals surface area contributed by atoms with Crippen LogP contribution in [0.15, 0.2) is 118 Å². The van der Waals surface area contributed by atoms with Crippen LogP contribution in [0.2, 0.25) is 0 Å². The number of hydrogen-bond donors (Lipinski definition) is 0. The van der Waals surface area contributed by atoms with Gasteiger partial charge in [0, 0.05) is 44.9 Å². The fourth-order valence-corrected chi connectivity index (χ4v) is 3.82. The average molecular weight is 552 g/mol. The fourth-order valence-electron chi connectivity index (χ4n) is 3.30. The van der Waals surface area contributed by atoms with Gasteiger partial charge in [0.05, 0.1) is 13.1 Å². The van der Waals surface area contributed by atoms with Crippen molar-refractivity contribution >= 4 is 43.4 Å². The Kier molecular flexibility index (Phi) is 7.02. The van der Waals surface area contributed by atoms with Crippen LogP contribution >= 0.6 is 31.9 Å². The second-order valence-electron chi connectivity index (χ2n) is 7.38. The standard InChI is InChI=1S/C26H20Br2N2O2/c27-23-5-1-21(2-6-23)25(31)17-29-13-9-19(10-14-29)20-11-15-30(16-12-20)18-26(32)22-3-7-24(28)8-4-22/h1-16H,17-18H2. The predicted octanol–water partition coefficient (Wildman–Crippen LogP) is 6.26. The first-order valence-electron chi connectivity index (χ1n) is 10.0. The molecule has 2 aromatic rings. The molecule has 4 nitrogen and oxygen atoms in total. The zero-order valence-corrected chi connectivity index (χ0v) is 20.3. The topological polar surface area (TPSA) is 40.6 Å². The van der Waals surface area contributed by atoms with Crippen molar-refractivity contribution in [3.8, 4) is 0 Å². The Morgan fingerprint density at radius 2 is 0.875 bits per heavy atom. The van der Waals surface area contributed by atoms with E-state index in [0.29, 0.717) is 11.1 Å². The molecule has 0 unspecified atom stereocenters. The lowest BCUT2D eigenvalue weighted by Gasteiger charge is -2.21. The molecule has 0 fully saturated rings. The molecule has 160 valence electrons. The van der Waals surface area contributed by atoms with Crippen LogP contribution in [0.1, 0.15) is 20.7 Å². The van der Waals surface area contributed by atoms with Crippen molar-refractivity contribution in [3.63, 3.8) is 0 Å². The Bertz CT molecular complexity index is 1050. The summed E-state index contributed by atoms with van der Waals surface area (Å²) >= 11 is 6.77. The Balaban J connectivity index is 1.34. The number of nitrogens with zero attached hydrogens (tertiary/aromatic N) is 2. The van der Waals surface area contributed by atoms with Crippen LogP contribution in [0.5, 0.6) is 0 Å². The van der Waals surface area contributed by atoms with Crippen LogP contribution in [0, 0.1) is 0 Å². The van der Waals surface area contributed by atoms with Gasteiger partial charge in [-0.25, -0.2) is 0 Å². The van der Waals surface area contributed by atoms with E-state index in [1.54, 1.807) is 0 Å². The molecular formula is C26H20Br2N2O2. The fraction of sp³-hybridized carbons (Fsp3) is 0.0769. The quantitative estimate of drug-likeness (QED) is 0.397. The number of allylic oxidation sites excluding steroid dienone is 6. The highest BCUT2D eigenvalue weighted by Gasteiger charge is 2.13. The third kappa shape index (κ3) is 5.64. The van der Waals surface area contributed by atoms with Crippen LogP contribution in [-0.2, 0) is 0 Å². The van der Waals surface area contributed by atoms with Crippen LogP contribution in [0.4, 0.5) is 0 Å². The number of carbonyl (C=O) groups is 2. The SMILES string of the molecule is O=C(CN1C=CC(=C2C=CN(CC(=O)c3ccc(Br)cc3)C=C2)C=C1)c1ccc(Br)cc1. The maximum absolute atomic E-state index is 12.5. The van der Waals surface area contributed by atoms with Gasteiger partial charge < -0.3 is 9.80 Å². The van der Waals surface area contributed by atoms with Gasteiger partial charge in [0.25, 0.3) is 0 Å². The third-order valence-corrected chi connectivity index (χ3v) is 6.16. The Morgan fingerprint density at radius 1 is 0.562 bits per heavy atom. The van der Waals surface area contributed by atoms with E-state index >= 15 is 0 Å². The number of rotatable bonds is 6. The first kappa shape index (κ1) is 22.2. The molecule has 0 amide bonds. The summed E-state index contributed by atoms with van der Waals surface area (Å²) in [4.78, 5) is 28.7. The molecule has 2 heterocycles. The maximum atomic E-state index is 12.5. The lowest BCUT2D eigenvalue weighted by Crippen LogP contribution is -2.22. The van der Waals surface area contributed by atoms with Gasteiger partial charge in [0.2, 0.25) is 0 Å². The Labute approximate surface area is 204 Å². The lowest BCUT2D eigenvalue weighted by molar-refractivity contribution is 0.0961. The highest BCUT2D eigenvalue weighted by Crippen LogP contribution is 2.20. The van der Waals surface area contributed by atoms with E-state index in [0.717, 1.165) is 20.1 Å². The molecule has 2 aromatic carbocycles. The van der Waals surface area contributed by atoms with E-state index in [4.69, 9.17) is 0 Å². The van der Waals surface area contributed by atoms with Crippen molar-refractivity contribution in [1.82, 2.24) is 9.80 Å². The van der Waals surface area contributed by atoms with Gasteiger partial charge in [-0.15, -0.1) is 0 Å².